The third kappa shape index (κ3) is 6.10. The first-order valence-electron chi connectivity index (χ1n) is 7.77. The van der Waals surface area contributed by atoms with E-state index in [2.05, 4.69) is 10.6 Å². The molecule has 5 nitrogen and oxygen atoms in total. The van der Waals surface area contributed by atoms with Gasteiger partial charge in [0.05, 0.1) is 6.61 Å². The van der Waals surface area contributed by atoms with E-state index in [-0.39, 0.29) is 19.2 Å². The lowest BCUT2D eigenvalue weighted by molar-refractivity contribution is 0.200. The largest absolute Gasteiger partial charge is 0.491 e. The van der Waals surface area contributed by atoms with Crippen molar-refractivity contribution in [2.45, 2.75) is 13.0 Å². The van der Waals surface area contributed by atoms with E-state index in [1.807, 2.05) is 48.5 Å². The molecule has 0 heterocycles. The first-order valence-corrected chi connectivity index (χ1v) is 8.14. The molecule has 0 aliphatic heterocycles. The van der Waals surface area contributed by atoms with Gasteiger partial charge in [0.2, 0.25) is 0 Å². The van der Waals surface area contributed by atoms with E-state index in [4.69, 9.17) is 21.4 Å². The molecule has 0 bridgehead atoms. The number of urea groups is 1. The van der Waals surface area contributed by atoms with Gasteiger partial charge < -0.3 is 20.5 Å². The molecule has 2 amide bonds. The summed E-state index contributed by atoms with van der Waals surface area (Å²) in [4.78, 5) is 11.9. The highest BCUT2D eigenvalue weighted by Gasteiger charge is 2.05. The van der Waals surface area contributed by atoms with Crippen molar-refractivity contribution in [3.63, 3.8) is 0 Å². The maximum absolute atomic E-state index is 11.9. The molecular formula is C18H21ClN2O3. The molecule has 0 fully saturated rings. The summed E-state index contributed by atoms with van der Waals surface area (Å²) in [6.07, 6.45) is 0.737. The average Bonchev–Trinajstić information content (AvgIpc) is 2.60. The zero-order valence-electron chi connectivity index (χ0n) is 13.3. The van der Waals surface area contributed by atoms with Crippen molar-refractivity contribution >= 4 is 17.6 Å². The Balaban J connectivity index is 1.74. The van der Waals surface area contributed by atoms with Crippen LogP contribution < -0.4 is 15.4 Å². The van der Waals surface area contributed by atoms with Crippen LogP contribution in [0.25, 0.3) is 0 Å². The van der Waals surface area contributed by atoms with Crippen molar-refractivity contribution in [2.75, 3.05) is 19.8 Å². The molecule has 0 saturated carbocycles. The number of amides is 2. The molecule has 2 rings (SSSR count). The summed E-state index contributed by atoms with van der Waals surface area (Å²) >= 11 is 5.84. The lowest BCUT2D eigenvalue weighted by Crippen LogP contribution is -2.36. The maximum atomic E-state index is 11.9. The molecule has 128 valence electrons. The lowest BCUT2D eigenvalue weighted by Gasteiger charge is -2.12. The van der Waals surface area contributed by atoms with Crippen molar-refractivity contribution in [1.82, 2.24) is 10.6 Å². The number of hydrogen-bond donors (Lipinski definition) is 3. The lowest BCUT2D eigenvalue weighted by atomic mass is 10.1. The highest BCUT2D eigenvalue weighted by Crippen LogP contribution is 2.17. The van der Waals surface area contributed by atoms with Crippen LogP contribution in [-0.4, -0.2) is 30.9 Å². The summed E-state index contributed by atoms with van der Waals surface area (Å²) in [5.41, 5.74) is 1.97. The van der Waals surface area contributed by atoms with E-state index in [0.29, 0.717) is 23.9 Å². The molecule has 0 radical (unpaired) electrons. The van der Waals surface area contributed by atoms with E-state index in [1.165, 1.54) is 0 Å². The number of hydrogen-bond acceptors (Lipinski definition) is 3. The first-order chi connectivity index (χ1) is 11.7. The molecule has 24 heavy (non-hydrogen) atoms. The summed E-state index contributed by atoms with van der Waals surface area (Å²) < 4.78 is 5.43. The van der Waals surface area contributed by atoms with Crippen LogP contribution in [0.5, 0.6) is 5.75 Å². The topological polar surface area (TPSA) is 70.6 Å². The van der Waals surface area contributed by atoms with Gasteiger partial charge in [0.15, 0.2) is 0 Å². The highest BCUT2D eigenvalue weighted by molar-refractivity contribution is 6.30. The molecule has 0 aromatic heterocycles. The SMILES string of the molecule is O=C(NCCc1ccc(Cl)cc1)NCc1ccccc1OCCO. The molecule has 0 aliphatic carbocycles. The Morgan fingerprint density at radius 3 is 2.58 bits per heavy atom. The Morgan fingerprint density at radius 2 is 1.83 bits per heavy atom. The van der Waals surface area contributed by atoms with Gasteiger partial charge >= 0.3 is 6.03 Å². The quantitative estimate of drug-likeness (QED) is 0.687. The zero-order chi connectivity index (χ0) is 17.2. The smallest absolute Gasteiger partial charge is 0.315 e. The fourth-order valence-corrected chi connectivity index (χ4v) is 2.28. The van der Waals surface area contributed by atoms with Gasteiger partial charge in [0.1, 0.15) is 12.4 Å². The van der Waals surface area contributed by atoms with Gasteiger partial charge in [-0.05, 0) is 30.2 Å². The standard InChI is InChI=1S/C18H21ClN2O3/c19-16-7-5-14(6-8-16)9-10-20-18(23)21-13-15-3-1-2-4-17(15)24-12-11-22/h1-8,22H,9-13H2,(H2,20,21,23). The fourth-order valence-electron chi connectivity index (χ4n) is 2.16. The van der Waals surface area contributed by atoms with Gasteiger partial charge in [-0.3, -0.25) is 0 Å². The number of carbonyl (C=O) groups is 1. The van der Waals surface area contributed by atoms with Gasteiger partial charge in [-0.1, -0.05) is 41.9 Å². The minimum Gasteiger partial charge on any atom is -0.491 e. The molecule has 0 saturated heterocycles. The van der Waals surface area contributed by atoms with Crippen LogP contribution in [0, 0.1) is 0 Å². The second-order valence-electron chi connectivity index (χ2n) is 5.17. The Morgan fingerprint density at radius 1 is 1.08 bits per heavy atom. The fraction of sp³-hybridized carbons (Fsp3) is 0.278. The van der Waals surface area contributed by atoms with Gasteiger partial charge in [0, 0.05) is 23.7 Å². The van der Waals surface area contributed by atoms with E-state index < -0.39 is 0 Å². The monoisotopic (exact) mass is 348 g/mol. The number of carbonyl (C=O) groups excluding carboxylic acids is 1. The van der Waals surface area contributed by atoms with Crippen LogP contribution in [0.2, 0.25) is 5.02 Å². The maximum Gasteiger partial charge on any atom is 0.315 e. The number of nitrogens with one attached hydrogen (secondary N) is 2. The summed E-state index contributed by atoms with van der Waals surface area (Å²) in [5.74, 6) is 0.660. The third-order valence-electron chi connectivity index (χ3n) is 3.37. The van der Waals surface area contributed by atoms with Crippen molar-refractivity contribution < 1.29 is 14.6 Å². The summed E-state index contributed by atoms with van der Waals surface area (Å²) in [5, 5.41) is 15.1. The summed E-state index contributed by atoms with van der Waals surface area (Å²) in [6, 6.07) is 14.7. The predicted molar refractivity (Wildman–Crippen MR) is 94.4 cm³/mol. The van der Waals surface area contributed by atoms with Crippen molar-refractivity contribution in [3.05, 3.63) is 64.7 Å². The first kappa shape index (κ1) is 18.1. The molecule has 2 aromatic rings. The van der Waals surface area contributed by atoms with Gasteiger partial charge in [-0.2, -0.15) is 0 Å². The van der Waals surface area contributed by atoms with Crippen molar-refractivity contribution in [1.29, 1.82) is 0 Å². The summed E-state index contributed by atoms with van der Waals surface area (Å²) in [6.45, 7) is 1.07. The molecule has 0 atom stereocenters. The van der Waals surface area contributed by atoms with E-state index >= 15 is 0 Å². The minimum atomic E-state index is -0.235. The Kier molecular flexibility index (Phi) is 7.39. The van der Waals surface area contributed by atoms with Crippen LogP contribution in [0.1, 0.15) is 11.1 Å². The van der Waals surface area contributed by atoms with Gasteiger partial charge in [-0.25, -0.2) is 4.79 Å². The predicted octanol–water partition coefficient (Wildman–Crippen LogP) is 2.75. The second kappa shape index (κ2) is 9.80. The summed E-state index contributed by atoms with van der Waals surface area (Å²) in [7, 11) is 0. The zero-order valence-corrected chi connectivity index (χ0v) is 14.1. The number of benzene rings is 2. The molecule has 0 unspecified atom stereocenters. The molecule has 0 spiro atoms. The van der Waals surface area contributed by atoms with Crippen molar-refractivity contribution in [2.24, 2.45) is 0 Å². The van der Waals surface area contributed by atoms with Gasteiger partial charge in [-0.15, -0.1) is 0 Å². The average molecular weight is 349 g/mol. The van der Waals surface area contributed by atoms with Crippen LogP contribution in [0.3, 0.4) is 0 Å². The second-order valence-corrected chi connectivity index (χ2v) is 5.60. The van der Waals surface area contributed by atoms with Crippen LogP contribution in [0.4, 0.5) is 4.79 Å². The number of aliphatic hydroxyl groups is 1. The number of ether oxygens (including phenoxy) is 1. The van der Waals surface area contributed by atoms with E-state index in [9.17, 15) is 4.79 Å². The van der Waals surface area contributed by atoms with Gasteiger partial charge in [0.25, 0.3) is 0 Å². The molecule has 6 heteroatoms. The third-order valence-corrected chi connectivity index (χ3v) is 3.63. The van der Waals surface area contributed by atoms with Crippen molar-refractivity contribution in [3.8, 4) is 5.75 Å². The molecule has 3 N–H and O–H groups in total. The number of rotatable bonds is 8. The Bertz CT molecular complexity index is 647. The Hall–Kier alpha value is -2.24. The Labute approximate surface area is 146 Å². The normalized spacial score (nSPS) is 10.2. The van der Waals surface area contributed by atoms with E-state index in [1.54, 1.807) is 0 Å². The van der Waals surface area contributed by atoms with Crippen LogP contribution in [0.15, 0.2) is 48.5 Å². The molecular weight excluding hydrogens is 328 g/mol. The van der Waals surface area contributed by atoms with Crippen LogP contribution in [-0.2, 0) is 13.0 Å². The van der Waals surface area contributed by atoms with Crippen LogP contribution >= 0.6 is 11.6 Å². The molecule has 2 aromatic carbocycles. The number of para-hydroxylation sites is 1. The number of aliphatic hydroxyl groups excluding tert-OH is 1. The minimum absolute atomic E-state index is 0.0487. The highest BCUT2D eigenvalue weighted by atomic mass is 35.5. The van der Waals surface area contributed by atoms with E-state index in [0.717, 1.165) is 17.5 Å². The molecule has 0 aliphatic rings. The number of halogens is 1.